The summed E-state index contributed by atoms with van der Waals surface area (Å²) >= 11 is 8.13. The monoisotopic (exact) mass is 582 g/mol. The average molecular weight is 583 g/mol. The Balaban J connectivity index is 1.00. The van der Waals surface area contributed by atoms with Crippen LogP contribution in [0, 0.1) is 0 Å². The highest BCUT2D eigenvalue weighted by Gasteiger charge is 2.31. The van der Waals surface area contributed by atoms with Gasteiger partial charge in [-0.25, -0.2) is 14.8 Å². The van der Waals surface area contributed by atoms with Gasteiger partial charge in [-0.1, -0.05) is 54.6 Å². The lowest BCUT2D eigenvalue weighted by atomic mass is 9.94. The molecule has 0 saturated carbocycles. The van der Waals surface area contributed by atoms with Crippen LogP contribution in [0.2, 0.25) is 5.28 Å². The van der Waals surface area contributed by atoms with E-state index < -0.39 is 0 Å². The third-order valence-electron chi connectivity index (χ3n) is 8.45. The number of piperidine rings is 1. The van der Waals surface area contributed by atoms with E-state index in [2.05, 4.69) is 84.9 Å². The number of hydrogen-bond acceptors (Lipinski definition) is 5. The molecule has 208 valence electrons. The van der Waals surface area contributed by atoms with E-state index in [0.29, 0.717) is 30.9 Å². The quantitative estimate of drug-likeness (QED) is 0.208. The van der Waals surface area contributed by atoms with Gasteiger partial charge in [-0.05, 0) is 72.7 Å². The number of aromatic nitrogens is 3. The zero-order valence-corrected chi connectivity index (χ0v) is 24.7. The summed E-state index contributed by atoms with van der Waals surface area (Å²) in [5.41, 5.74) is 8.94. The van der Waals surface area contributed by atoms with E-state index in [1.807, 2.05) is 15.5 Å². The lowest BCUT2D eigenvalue weighted by Crippen LogP contribution is -2.38. The van der Waals surface area contributed by atoms with Gasteiger partial charge in [0.15, 0.2) is 0 Å². The summed E-state index contributed by atoms with van der Waals surface area (Å²) < 4.78 is 7.95. The average Bonchev–Trinajstić information content (AvgIpc) is 3.70. The SMILES string of the molecule is CC(C)n1c(Cl)nc2c(-c3nc(C4CCN(C(=O)OCC5c6ccccc6-c6ccccc65)CC4)cs3)cccc21. The molecule has 8 heteroatoms. The minimum atomic E-state index is -0.228. The van der Waals surface area contributed by atoms with Crippen molar-refractivity contribution in [3.63, 3.8) is 0 Å². The molecule has 7 rings (SSSR count). The predicted molar refractivity (Wildman–Crippen MR) is 165 cm³/mol. The highest BCUT2D eigenvalue weighted by Crippen LogP contribution is 2.44. The first-order valence-electron chi connectivity index (χ1n) is 14.2. The molecule has 2 aromatic heterocycles. The van der Waals surface area contributed by atoms with E-state index in [9.17, 15) is 4.79 Å². The molecule has 1 aliphatic heterocycles. The second-order valence-corrected chi connectivity index (χ2v) is 12.4. The summed E-state index contributed by atoms with van der Waals surface area (Å²) in [6, 6.07) is 23.2. The maximum atomic E-state index is 13.1. The van der Waals surface area contributed by atoms with Crippen LogP contribution in [-0.4, -0.2) is 45.2 Å². The molecule has 0 N–H and O–H groups in total. The van der Waals surface area contributed by atoms with Crippen LogP contribution in [0.1, 0.15) is 61.4 Å². The Labute approximate surface area is 248 Å². The standard InChI is InChI=1S/C33H31ClN4O2S/c1-20(2)38-29-13-7-12-26(30(29)36-32(38)34)31-35-28(19-41-31)21-14-16-37(17-15-21)33(39)40-18-27-24-10-5-3-8-22(24)23-9-4-6-11-25(23)27/h3-13,19-21,27H,14-18H2,1-2H3. The highest BCUT2D eigenvalue weighted by atomic mass is 35.5. The fourth-order valence-electron chi connectivity index (χ4n) is 6.39. The van der Waals surface area contributed by atoms with Crippen molar-refractivity contribution in [1.29, 1.82) is 0 Å². The first-order valence-corrected chi connectivity index (χ1v) is 15.5. The Hall–Kier alpha value is -3.68. The second-order valence-electron chi connectivity index (χ2n) is 11.2. The second kappa shape index (κ2) is 10.6. The molecule has 2 aliphatic rings. The van der Waals surface area contributed by atoms with Crippen LogP contribution in [-0.2, 0) is 4.74 Å². The van der Waals surface area contributed by atoms with Gasteiger partial charge in [0.1, 0.15) is 17.1 Å². The summed E-state index contributed by atoms with van der Waals surface area (Å²) in [5.74, 6) is 0.386. The van der Waals surface area contributed by atoms with E-state index in [-0.39, 0.29) is 18.1 Å². The maximum Gasteiger partial charge on any atom is 0.409 e. The molecular weight excluding hydrogens is 552 g/mol. The van der Waals surface area contributed by atoms with E-state index in [4.69, 9.17) is 21.3 Å². The number of imidazole rings is 1. The number of halogens is 1. The molecular formula is C33H31ClN4O2S. The van der Waals surface area contributed by atoms with Gasteiger partial charge >= 0.3 is 6.09 Å². The molecule has 0 spiro atoms. The Bertz CT molecular complexity index is 1710. The number of benzene rings is 3. The number of thiazole rings is 1. The molecule has 0 bridgehead atoms. The van der Waals surface area contributed by atoms with Crippen LogP contribution in [0.5, 0.6) is 0 Å². The lowest BCUT2D eigenvalue weighted by molar-refractivity contribution is 0.0902. The minimum Gasteiger partial charge on any atom is -0.448 e. The number of amides is 1. The van der Waals surface area contributed by atoms with Gasteiger partial charge < -0.3 is 14.2 Å². The molecule has 1 fully saturated rings. The molecule has 6 nitrogen and oxygen atoms in total. The zero-order valence-electron chi connectivity index (χ0n) is 23.1. The van der Waals surface area contributed by atoms with Crippen LogP contribution >= 0.6 is 22.9 Å². The summed E-state index contributed by atoms with van der Waals surface area (Å²) in [6.07, 6.45) is 1.50. The summed E-state index contributed by atoms with van der Waals surface area (Å²) in [4.78, 5) is 24.6. The molecule has 1 saturated heterocycles. The number of fused-ring (bicyclic) bond motifs is 4. The minimum absolute atomic E-state index is 0.0728. The van der Waals surface area contributed by atoms with E-state index in [0.717, 1.165) is 40.1 Å². The number of ether oxygens (including phenoxy) is 1. The molecule has 1 aliphatic carbocycles. The Morgan fingerprint density at radius 1 is 0.951 bits per heavy atom. The van der Waals surface area contributed by atoms with Crippen molar-refractivity contribution in [3.8, 4) is 21.7 Å². The summed E-state index contributed by atoms with van der Waals surface area (Å²) in [6.45, 7) is 5.90. The molecule has 3 aromatic carbocycles. The maximum absolute atomic E-state index is 13.1. The number of carbonyl (C=O) groups excluding carboxylic acids is 1. The van der Waals surface area contributed by atoms with Crippen molar-refractivity contribution >= 4 is 40.1 Å². The molecule has 41 heavy (non-hydrogen) atoms. The lowest BCUT2D eigenvalue weighted by Gasteiger charge is -2.31. The van der Waals surface area contributed by atoms with Crippen LogP contribution in [0.3, 0.4) is 0 Å². The van der Waals surface area contributed by atoms with E-state index in [1.54, 1.807) is 11.3 Å². The van der Waals surface area contributed by atoms with Crippen molar-refractivity contribution in [1.82, 2.24) is 19.4 Å². The fourth-order valence-corrected chi connectivity index (χ4v) is 7.69. The fraction of sp³-hybridized carbons (Fsp3) is 0.303. The van der Waals surface area contributed by atoms with Gasteiger partial charge in [0.2, 0.25) is 5.28 Å². The number of carbonyl (C=O) groups is 1. The van der Waals surface area contributed by atoms with Crippen molar-refractivity contribution < 1.29 is 9.53 Å². The summed E-state index contributed by atoms with van der Waals surface area (Å²) in [7, 11) is 0. The van der Waals surface area contributed by atoms with Crippen LogP contribution in [0.4, 0.5) is 4.79 Å². The molecule has 0 atom stereocenters. The number of para-hydroxylation sites is 1. The van der Waals surface area contributed by atoms with Crippen molar-refractivity contribution in [2.75, 3.05) is 19.7 Å². The van der Waals surface area contributed by atoms with Gasteiger partial charge in [-0.15, -0.1) is 11.3 Å². The topological polar surface area (TPSA) is 60.2 Å². The van der Waals surface area contributed by atoms with E-state index >= 15 is 0 Å². The van der Waals surface area contributed by atoms with Crippen LogP contribution < -0.4 is 0 Å². The van der Waals surface area contributed by atoms with Gasteiger partial charge in [-0.2, -0.15) is 0 Å². The van der Waals surface area contributed by atoms with Crippen LogP contribution in [0.15, 0.2) is 72.1 Å². The Kier molecular flexibility index (Phi) is 6.79. The van der Waals surface area contributed by atoms with E-state index in [1.165, 1.54) is 22.3 Å². The van der Waals surface area contributed by atoms with Crippen molar-refractivity contribution in [3.05, 3.63) is 94.2 Å². The van der Waals surface area contributed by atoms with Crippen molar-refractivity contribution in [2.45, 2.75) is 44.6 Å². The van der Waals surface area contributed by atoms with Gasteiger partial charge in [-0.3, -0.25) is 0 Å². The zero-order chi connectivity index (χ0) is 28.1. The summed E-state index contributed by atoms with van der Waals surface area (Å²) in [5, 5.41) is 3.61. The molecule has 3 heterocycles. The van der Waals surface area contributed by atoms with Gasteiger partial charge in [0.25, 0.3) is 0 Å². The number of rotatable bonds is 5. The largest absolute Gasteiger partial charge is 0.448 e. The Morgan fingerprint density at radius 2 is 1.61 bits per heavy atom. The molecule has 0 radical (unpaired) electrons. The molecule has 0 unspecified atom stereocenters. The first-order chi connectivity index (χ1) is 20.0. The third-order valence-corrected chi connectivity index (χ3v) is 9.61. The number of nitrogens with zero attached hydrogens (tertiary/aromatic N) is 4. The van der Waals surface area contributed by atoms with Crippen LogP contribution in [0.25, 0.3) is 32.7 Å². The number of hydrogen-bond donors (Lipinski definition) is 0. The Morgan fingerprint density at radius 3 is 2.29 bits per heavy atom. The third kappa shape index (κ3) is 4.61. The normalized spacial score (nSPS) is 15.5. The first kappa shape index (κ1) is 26.2. The molecule has 1 amide bonds. The smallest absolute Gasteiger partial charge is 0.409 e. The highest BCUT2D eigenvalue weighted by molar-refractivity contribution is 7.13. The number of likely N-dealkylation sites (tertiary alicyclic amines) is 1. The molecule has 5 aromatic rings. The van der Waals surface area contributed by atoms with Crippen molar-refractivity contribution in [2.24, 2.45) is 0 Å². The van der Waals surface area contributed by atoms with Gasteiger partial charge in [0.05, 0.1) is 11.2 Å². The predicted octanol–water partition coefficient (Wildman–Crippen LogP) is 8.52. The van der Waals surface area contributed by atoms with Gasteiger partial charge in [0, 0.05) is 41.9 Å².